The predicted molar refractivity (Wildman–Crippen MR) is 155 cm³/mol. The number of thioether (sulfide) groups is 2. The first-order chi connectivity index (χ1) is 19.4. The molecule has 0 unspecified atom stereocenters. The summed E-state index contributed by atoms with van der Waals surface area (Å²) in [6.07, 6.45) is 1.36. The van der Waals surface area contributed by atoms with Crippen LogP contribution in [-0.4, -0.2) is 79.6 Å². The molecule has 0 aromatic heterocycles. The summed E-state index contributed by atoms with van der Waals surface area (Å²) in [5, 5.41) is 32.3. The van der Waals surface area contributed by atoms with Gasteiger partial charge in [-0.05, 0) is 49.9 Å². The molecule has 4 N–H and O–H groups in total. The van der Waals surface area contributed by atoms with Crippen LogP contribution >= 0.6 is 23.5 Å². The van der Waals surface area contributed by atoms with Crippen LogP contribution in [0.1, 0.15) is 46.9 Å². The highest BCUT2D eigenvalue weighted by atomic mass is 32.2. The molecule has 0 radical (unpaired) electrons. The van der Waals surface area contributed by atoms with Crippen molar-refractivity contribution in [3.8, 4) is 0 Å². The molecule has 2 aromatic carbocycles. The molecule has 5 rings (SSSR count). The highest BCUT2D eigenvalue weighted by Gasteiger charge is 2.75. The standard InChI is InChI=1S/C29H33N3O6S2/c1-2-38-22(33)15-9-14-20-23-24(32-37)28(17-40-23,31-27(35)19-12-7-4-8-13-19)29(36)21(16-39-25(20)29)30-26(34)18-10-5-3-6-11-18/h3-8,10-13,20-21,23,25,36-37H,2,9,14-17H2,1H3,(H,30,34)(H,31,35)/b32-24-/t20-,21+,23-,25+,28-,29+/m1/s1. The van der Waals surface area contributed by atoms with Crippen LogP contribution < -0.4 is 10.6 Å². The van der Waals surface area contributed by atoms with E-state index in [4.69, 9.17) is 4.74 Å². The molecule has 3 aliphatic rings. The number of hydrogen-bond acceptors (Lipinski definition) is 9. The summed E-state index contributed by atoms with van der Waals surface area (Å²) in [4.78, 5) is 38.8. The minimum absolute atomic E-state index is 0.164. The lowest BCUT2D eigenvalue weighted by Gasteiger charge is -2.53. The monoisotopic (exact) mass is 583 g/mol. The minimum Gasteiger partial charge on any atom is -0.466 e. The topological polar surface area (TPSA) is 137 Å². The average Bonchev–Trinajstić information content (AvgIpc) is 3.48. The number of fused-ring (bicyclic) bond motifs is 4. The van der Waals surface area contributed by atoms with E-state index >= 15 is 0 Å². The highest BCUT2D eigenvalue weighted by Crippen LogP contribution is 2.59. The summed E-state index contributed by atoms with van der Waals surface area (Å²) in [6.45, 7) is 2.08. The molecule has 2 heterocycles. The number of rotatable bonds is 9. The molecule has 9 nitrogen and oxygen atoms in total. The smallest absolute Gasteiger partial charge is 0.305 e. The summed E-state index contributed by atoms with van der Waals surface area (Å²) >= 11 is 3.07. The number of benzene rings is 2. The molecule has 6 atom stereocenters. The van der Waals surface area contributed by atoms with Crippen molar-refractivity contribution >= 4 is 47.0 Å². The lowest BCUT2D eigenvalue weighted by molar-refractivity contribution is -0.143. The fourth-order valence-corrected chi connectivity index (χ4v) is 10.1. The maximum Gasteiger partial charge on any atom is 0.305 e. The normalized spacial score (nSPS) is 31.4. The number of amides is 2. The molecule has 11 heteroatoms. The molecule has 2 saturated heterocycles. The van der Waals surface area contributed by atoms with Crippen LogP contribution in [0.5, 0.6) is 0 Å². The molecule has 0 spiro atoms. The Morgan fingerprint density at radius 2 is 1.68 bits per heavy atom. The first-order valence-corrected chi connectivity index (χ1v) is 15.5. The van der Waals surface area contributed by atoms with Crippen molar-refractivity contribution in [1.82, 2.24) is 10.6 Å². The van der Waals surface area contributed by atoms with Crippen LogP contribution in [0.4, 0.5) is 0 Å². The summed E-state index contributed by atoms with van der Waals surface area (Å²) in [5.41, 5.74) is -1.91. The second-order valence-electron chi connectivity index (χ2n) is 10.3. The number of aliphatic hydroxyl groups is 1. The lowest BCUT2D eigenvalue weighted by Crippen LogP contribution is -2.80. The van der Waals surface area contributed by atoms with E-state index in [2.05, 4.69) is 15.8 Å². The Hall–Kier alpha value is -3.02. The summed E-state index contributed by atoms with van der Waals surface area (Å²) < 4.78 is 5.09. The van der Waals surface area contributed by atoms with E-state index in [1.807, 2.05) is 12.1 Å². The molecular formula is C29H33N3O6S2. The molecule has 3 fully saturated rings. The molecule has 212 valence electrons. The number of ether oxygens (including phenoxy) is 1. The van der Waals surface area contributed by atoms with Crippen LogP contribution in [0.15, 0.2) is 65.8 Å². The van der Waals surface area contributed by atoms with Gasteiger partial charge in [-0.25, -0.2) is 0 Å². The zero-order chi connectivity index (χ0) is 28.3. The van der Waals surface area contributed by atoms with E-state index in [1.165, 1.54) is 11.8 Å². The van der Waals surface area contributed by atoms with E-state index < -0.39 is 28.3 Å². The molecule has 2 amide bonds. The van der Waals surface area contributed by atoms with Gasteiger partial charge in [-0.15, -0.1) is 11.8 Å². The number of carbonyl (C=O) groups is 3. The van der Waals surface area contributed by atoms with Gasteiger partial charge in [0.2, 0.25) is 0 Å². The van der Waals surface area contributed by atoms with E-state index in [9.17, 15) is 24.7 Å². The quantitative estimate of drug-likeness (QED) is 0.201. The minimum atomic E-state index is -1.66. The fourth-order valence-electron chi connectivity index (χ4n) is 6.26. The van der Waals surface area contributed by atoms with Gasteiger partial charge >= 0.3 is 5.97 Å². The van der Waals surface area contributed by atoms with Gasteiger partial charge in [0, 0.05) is 34.3 Å². The van der Waals surface area contributed by atoms with Gasteiger partial charge in [0.1, 0.15) is 11.1 Å². The Morgan fingerprint density at radius 3 is 2.30 bits per heavy atom. The SMILES string of the molecule is CCOC(=O)CCC[C@@H]1[C@H]2SC[C@@](NC(=O)c3ccccc3)(/C2=N\O)[C@]2(O)[C@@H](NC(=O)c3ccccc3)CS[C@@H]12. The van der Waals surface area contributed by atoms with Crippen molar-refractivity contribution in [2.45, 2.75) is 53.9 Å². The van der Waals surface area contributed by atoms with E-state index in [0.29, 0.717) is 42.0 Å². The Bertz CT molecular complexity index is 1280. The van der Waals surface area contributed by atoms with Crippen molar-refractivity contribution in [1.29, 1.82) is 0 Å². The van der Waals surface area contributed by atoms with Crippen LogP contribution in [-0.2, 0) is 9.53 Å². The first kappa shape index (κ1) is 28.5. The van der Waals surface area contributed by atoms with Crippen molar-refractivity contribution in [3.05, 3.63) is 71.8 Å². The molecule has 2 aromatic rings. The fraction of sp³-hybridized carbons (Fsp3) is 0.448. The molecule has 40 heavy (non-hydrogen) atoms. The van der Waals surface area contributed by atoms with Crippen molar-refractivity contribution in [2.75, 3.05) is 18.1 Å². The first-order valence-electron chi connectivity index (χ1n) is 13.4. The number of carbonyl (C=O) groups excluding carboxylic acids is 3. The number of hydrogen-bond donors (Lipinski definition) is 4. The van der Waals surface area contributed by atoms with Gasteiger partial charge in [-0.2, -0.15) is 11.8 Å². The third-order valence-corrected chi connectivity index (χ3v) is 11.2. The van der Waals surface area contributed by atoms with Gasteiger partial charge in [-0.1, -0.05) is 41.6 Å². The molecule has 1 saturated carbocycles. The van der Waals surface area contributed by atoms with Gasteiger partial charge in [0.25, 0.3) is 11.8 Å². The Balaban J connectivity index is 1.50. The Kier molecular flexibility index (Phi) is 8.44. The molecule has 2 bridgehead atoms. The second-order valence-corrected chi connectivity index (χ2v) is 12.6. The average molecular weight is 584 g/mol. The van der Waals surface area contributed by atoms with Crippen molar-refractivity contribution < 1.29 is 29.4 Å². The second kappa shape index (κ2) is 11.8. The van der Waals surface area contributed by atoms with Crippen LogP contribution in [0.25, 0.3) is 0 Å². The Morgan fingerprint density at radius 1 is 1.02 bits per heavy atom. The van der Waals surface area contributed by atoms with E-state index in [-0.39, 0.29) is 35.2 Å². The van der Waals surface area contributed by atoms with Crippen LogP contribution in [0.2, 0.25) is 0 Å². The van der Waals surface area contributed by atoms with Crippen molar-refractivity contribution in [3.63, 3.8) is 0 Å². The third kappa shape index (κ3) is 4.88. The summed E-state index contributed by atoms with van der Waals surface area (Å²) in [6, 6.07) is 16.7. The predicted octanol–water partition coefficient (Wildman–Crippen LogP) is 3.11. The number of esters is 1. The van der Waals surface area contributed by atoms with Gasteiger partial charge in [0.15, 0.2) is 0 Å². The summed E-state index contributed by atoms with van der Waals surface area (Å²) in [5.74, 6) is -0.494. The van der Waals surface area contributed by atoms with Gasteiger partial charge in [0.05, 0.1) is 23.6 Å². The van der Waals surface area contributed by atoms with E-state index in [1.54, 1.807) is 67.2 Å². The van der Waals surface area contributed by atoms with E-state index in [0.717, 1.165) is 0 Å². The van der Waals surface area contributed by atoms with Gasteiger partial charge in [-0.3, -0.25) is 14.4 Å². The number of oxime groups is 1. The zero-order valence-corrected chi connectivity index (χ0v) is 23.7. The Labute approximate surface area is 241 Å². The molecular weight excluding hydrogens is 550 g/mol. The van der Waals surface area contributed by atoms with Crippen LogP contribution in [0, 0.1) is 5.92 Å². The number of nitrogens with zero attached hydrogens (tertiary/aromatic N) is 1. The zero-order valence-electron chi connectivity index (χ0n) is 22.1. The van der Waals surface area contributed by atoms with Gasteiger partial charge < -0.3 is 25.7 Å². The maximum atomic E-state index is 13.5. The largest absolute Gasteiger partial charge is 0.466 e. The highest BCUT2D eigenvalue weighted by molar-refractivity contribution is 8.02. The van der Waals surface area contributed by atoms with Crippen LogP contribution in [0.3, 0.4) is 0 Å². The van der Waals surface area contributed by atoms with Crippen molar-refractivity contribution in [2.24, 2.45) is 11.1 Å². The molecule has 2 aliphatic heterocycles. The lowest BCUT2D eigenvalue weighted by atomic mass is 9.61. The third-order valence-electron chi connectivity index (χ3n) is 8.09. The molecule has 1 aliphatic carbocycles. The summed E-state index contributed by atoms with van der Waals surface area (Å²) in [7, 11) is 0. The maximum absolute atomic E-state index is 13.5. The number of nitrogens with one attached hydrogen (secondary N) is 2.